The number of aryl methyl sites for hydroxylation is 1. The Hall–Kier alpha value is -3.73. The lowest BCUT2D eigenvalue weighted by atomic mass is 9.95. The van der Waals surface area contributed by atoms with Gasteiger partial charge in [-0.2, -0.15) is 0 Å². The first-order valence-corrected chi connectivity index (χ1v) is 14.3. The predicted molar refractivity (Wildman–Crippen MR) is 154 cm³/mol. The molecule has 0 radical (unpaired) electrons. The van der Waals surface area contributed by atoms with Crippen LogP contribution in [-0.2, 0) is 22.0 Å². The van der Waals surface area contributed by atoms with Crippen molar-refractivity contribution in [1.29, 1.82) is 0 Å². The molecule has 8 nitrogen and oxygen atoms in total. The number of rotatable bonds is 7. The highest BCUT2D eigenvalue weighted by Crippen LogP contribution is 2.50. The van der Waals surface area contributed by atoms with Gasteiger partial charge in [-0.25, -0.2) is 9.48 Å². The third-order valence-electron chi connectivity index (χ3n) is 6.99. The number of carboxylic acid groups (broad SMARTS) is 1. The van der Waals surface area contributed by atoms with E-state index in [-0.39, 0.29) is 0 Å². The number of hydrogen-bond acceptors (Lipinski definition) is 7. The number of ether oxygens (including phenoxy) is 1. The van der Waals surface area contributed by atoms with Crippen LogP contribution in [0, 0.1) is 0 Å². The molecule has 2 N–H and O–H groups in total. The maximum absolute atomic E-state index is 12.7. The zero-order valence-corrected chi connectivity index (χ0v) is 23.4. The summed E-state index contributed by atoms with van der Waals surface area (Å²) >= 11 is 9.75. The van der Waals surface area contributed by atoms with Crippen molar-refractivity contribution >= 4 is 61.6 Å². The van der Waals surface area contributed by atoms with E-state index < -0.39 is 23.6 Å². The molecule has 0 bridgehead atoms. The Morgan fingerprint density at radius 3 is 2.44 bits per heavy atom. The average Bonchev–Trinajstić information content (AvgIpc) is 3.35. The number of anilines is 1. The molecule has 11 heteroatoms. The number of aromatic nitrogens is 3. The fourth-order valence-electron chi connectivity index (χ4n) is 4.59. The van der Waals surface area contributed by atoms with Crippen LogP contribution in [-0.4, -0.2) is 32.2 Å². The van der Waals surface area contributed by atoms with Crippen molar-refractivity contribution in [2.45, 2.75) is 31.3 Å². The number of nitrogens with zero attached hydrogens (tertiary/aromatic N) is 3. The van der Waals surface area contributed by atoms with E-state index in [4.69, 9.17) is 16.3 Å². The van der Waals surface area contributed by atoms with Crippen molar-refractivity contribution < 1.29 is 19.4 Å². The minimum absolute atomic E-state index is 0.416. The molecular formula is C28H23ClN4O4S2. The van der Waals surface area contributed by atoms with E-state index in [9.17, 15) is 14.7 Å². The lowest BCUT2D eigenvalue weighted by Gasteiger charge is -2.14. The fraction of sp³-hybridized carbons (Fsp3) is 0.214. The van der Waals surface area contributed by atoms with Crippen molar-refractivity contribution in [3.63, 3.8) is 0 Å². The molecule has 0 saturated heterocycles. The largest absolute Gasteiger partial charge is 0.481 e. The second-order valence-corrected chi connectivity index (χ2v) is 12.1. The number of hydrogen-bond donors (Lipinski definition) is 2. The van der Waals surface area contributed by atoms with E-state index in [1.165, 1.54) is 4.68 Å². The molecule has 0 aliphatic heterocycles. The zero-order chi connectivity index (χ0) is 27.3. The molecule has 1 fully saturated rings. The van der Waals surface area contributed by atoms with E-state index in [1.807, 2.05) is 55.5 Å². The van der Waals surface area contributed by atoms with Crippen LogP contribution in [0.2, 0.25) is 5.02 Å². The van der Waals surface area contributed by atoms with E-state index in [0.717, 1.165) is 35.8 Å². The van der Waals surface area contributed by atoms with E-state index in [1.54, 1.807) is 35.8 Å². The van der Waals surface area contributed by atoms with Crippen LogP contribution in [0.15, 0.2) is 60.7 Å². The van der Waals surface area contributed by atoms with Crippen molar-refractivity contribution in [3.05, 3.63) is 76.8 Å². The second-order valence-electron chi connectivity index (χ2n) is 9.53. The highest BCUT2D eigenvalue weighted by Gasteiger charge is 2.51. The van der Waals surface area contributed by atoms with E-state index in [0.29, 0.717) is 29.4 Å². The van der Waals surface area contributed by atoms with Crippen molar-refractivity contribution in [1.82, 2.24) is 15.0 Å². The number of thiophene rings is 2. The monoisotopic (exact) mass is 578 g/mol. The number of halogens is 1. The Bertz CT molecular complexity index is 1690. The zero-order valence-electron chi connectivity index (χ0n) is 21.0. The number of amides is 1. The number of benzene rings is 2. The van der Waals surface area contributed by atoms with Gasteiger partial charge in [0.2, 0.25) is 0 Å². The van der Waals surface area contributed by atoms with Gasteiger partial charge in [0.05, 0.1) is 10.3 Å². The van der Waals surface area contributed by atoms with Crippen LogP contribution in [0.25, 0.3) is 30.4 Å². The topological polar surface area (TPSA) is 106 Å². The first-order valence-electron chi connectivity index (χ1n) is 12.2. The minimum atomic E-state index is -0.799. The Labute approximate surface area is 236 Å². The molecule has 1 aliphatic rings. The molecule has 3 heterocycles. The molecule has 6 rings (SSSR count). The van der Waals surface area contributed by atoms with Gasteiger partial charge in [0.1, 0.15) is 11.8 Å². The summed E-state index contributed by atoms with van der Waals surface area (Å²) in [7, 11) is 1.71. The third-order valence-corrected chi connectivity index (χ3v) is 9.63. The molecule has 39 heavy (non-hydrogen) atoms. The van der Waals surface area contributed by atoms with E-state index >= 15 is 0 Å². The molecule has 198 valence electrons. The molecule has 1 aliphatic carbocycles. The number of fused-ring (bicyclic) bond motifs is 1. The molecule has 1 atom stereocenters. The Kier molecular flexibility index (Phi) is 6.41. The number of carboxylic acids is 1. The summed E-state index contributed by atoms with van der Waals surface area (Å²) in [6.45, 7) is 1.82. The summed E-state index contributed by atoms with van der Waals surface area (Å²) in [6, 6.07) is 19.2. The summed E-state index contributed by atoms with van der Waals surface area (Å²) in [5, 5.41) is 21.3. The quantitative estimate of drug-likeness (QED) is 0.207. The summed E-state index contributed by atoms with van der Waals surface area (Å²) in [5.74, 6) is -0.354. The molecule has 2 aromatic carbocycles. The molecule has 1 saturated carbocycles. The molecular weight excluding hydrogens is 556 g/mol. The van der Waals surface area contributed by atoms with Crippen LogP contribution < -0.4 is 5.32 Å². The summed E-state index contributed by atoms with van der Waals surface area (Å²) in [5.41, 5.74) is 2.29. The Morgan fingerprint density at radius 2 is 1.77 bits per heavy atom. The number of aliphatic carboxylic acids is 1. The summed E-state index contributed by atoms with van der Waals surface area (Å²) in [6.07, 6.45) is 0.269. The first kappa shape index (κ1) is 25.5. The molecule has 3 aromatic heterocycles. The molecule has 0 spiro atoms. The van der Waals surface area contributed by atoms with Crippen LogP contribution in [0.4, 0.5) is 10.6 Å². The van der Waals surface area contributed by atoms with E-state index in [2.05, 4.69) is 21.7 Å². The predicted octanol–water partition coefficient (Wildman–Crippen LogP) is 7.50. The standard InChI is InChI=1S/C28H23ClN4O4S2/c1-15(16-6-4-3-5-7-16)37-27(36)30-25-24(31-32-33(25)2)23-14-22-21(39-23)13-20(38-22)18-9-8-17(12-19(18)29)28(10-11-28)26(34)35/h3-9,12-15H,10-11H2,1-2H3,(H,30,36)(H,34,35)/t15-/m1/s1. The van der Waals surface area contributed by atoms with Crippen molar-refractivity contribution in [2.24, 2.45) is 7.05 Å². The maximum atomic E-state index is 12.7. The van der Waals surface area contributed by atoms with Gasteiger partial charge in [0.15, 0.2) is 5.82 Å². The Balaban J connectivity index is 1.22. The SMILES string of the molecule is C[C@@H](OC(=O)Nc1c(-c2cc3sc(-c4ccc(C5(C(=O)O)CC5)cc4Cl)cc3s2)nnn1C)c1ccccc1. The summed E-state index contributed by atoms with van der Waals surface area (Å²) in [4.78, 5) is 26.2. The lowest BCUT2D eigenvalue weighted by Crippen LogP contribution is -2.19. The third kappa shape index (κ3) is 4.69. The average molecular weight is 579 g/mol. The van der Waals surface area contributed by atoms with Gasteiger partial charge in [-0.3, -0.25) is 10.1 Å². The van der Waals surface area contributed by atoms with Crippen molar-refractivity contribution in [2.75, 3.05) is 5.32 Å². The van der Waals surface area contributed by atoms with Crippen LogP contribution >= 0.6 is 34.3 Å². The van der Waals surface area contributed by atoms with Gasteiger partial charge < -0.3 is 9.84 Å². The summed E-state index contributed by atoms with van der Waals surface area (Å²) < 4.78 is 9.17. The number of nitrogens with one attached hydrogen (secondary N) is 1. The van der Waals surface area contributed by atoms with Gasteiger partial charge in [0, 0.05) is 31.9 Å². The van der Waals surface area contributed by atoms with Gasteiger partial charge in [0.25, 0.3) is 0 Å². The highest BCUT2D eigenvalue weighted by atomic mass is 35.5. The normalized spacial score (nSPS) is 14.7. The maximum Gasteiger partial charge on any atom is 0.413 e. The van der Waals surface area contributed by atoms with Gasteiger partial charge in [-0.15, -0.1) is 27.8 Å². The van der Waals surface area contributed by atoms with Gasteiger partial charge >= 0.3 is 12.1 Å². The van der Waals surface area contributed by atoms with Crippen molar-refractivity contribution in [3.8, 4) is 21.0 Å². The van der Waals surface area contributed by atoms with Gasteiger partial charge in [-0.1, -0.05) is 59.3 Å². The van der Waals surface area contributed by atoms with Crippen LogP contribution in [0.3, 0.4) is 0 Å². The number of carbonyl (C=O) groups is 2. The van der Waals surface area contributed by atoms with Gasteiger partial charge in [-0.05, 0) is 49.1 Å². The number of carbonyl (C=O) groups excluding carboxylic acids is 1. The lowest BCUT2D eigenvalue weighted by molar-refractivity contribution is -0.140. The van der Waals surface area contributed by atoms with Crippen LogP contribution in [0.5, 0.6) is 0 Å². The fourth-order valence-corrected chi connectivity index (χ4v) is 7.35. The molecule has 5 aromatic rings. The second kappa shape index (κ2) is 9.78. The highest BCUT2D eigenvalue weighted by molar-refractivity contribution is 7.31. The smallest absolute Gasteiger partial charge is 0.413 e. The first-order chi connectivity index (χ1) is 18.7. The molecule has 0 unspecified atom stereocenters. The Morgan fingerprint density at radius 1 is 1.08 bits per heavy atom. The molecule has 1 amide bonds. The van der Waals surface area contributed by atoms with Crippen LogP contribution in [0.1, 0.15) is 37.0 Å². The minimum Gasteiger partial charge on any atom is -0.481 e.